The number of hydrogen-bond donors (Lipinski definition) is 1. The molecule has 32 heavy (non-hydrogen) atoms. The van der Waals surface area contributed by atoms with Crippen LogP contribution in [0.25, 0.3) is 0 Å². The molecule has 2 aromatic rings. The highest BCUT2D eigenvalue weighted by molar-refractivity contribution is 7.99. The van der Waals surface area contributed by atoms with E-state index in [4.69, 9.17) is 15.3 Å². The lowest BCUT2D eigenvalue weighted by atomic mass is 10.1. The van der Waals surface area contributed by atoms with Gasteiger partial charge in [0.1, 0.15) is 18.1 Å². The predicted octanol–water partition coefficient (Wildman–Crippen LogP) is 1.49. The van der Waals surface area contributed by atoms with Gasteiger partial charge in [0.2, 0.25) is 11.1 Å². The van der Waals surface area contributed by atoms with Crippen LogP contribution in [0.2, 0.25) is 0 Å². The van der Waals surface area contributed by atoms with Gasteiger partial charge in [-0.1, -0.05) is 24.8 Å². The summed E-state index contributed by atoms with van der Waals surface area (Å²) in [7, 11) is -1.51. The van der Waals surface area contributed by atoms with E-state index in [1.54, 1.807) is 24.1 Å². The Morgan fingerprint density at radius 3 is 2.78 bits per heavy atom. The van der Waals surface area contributed by atoms with Gasteiger partial charge in [-0.05, 0) is 31.9 Å². The Kier molecular flexibility index (Phi) is 7.88. The number of nitrogens with two attached hydrogens (primary N) is 1. The molecule has 2 heterocycles. The van der Waals surface area contributed by atoms with E-state index in [-0.39, 0.29) is 41.9 Å². The number of nitrogen functional groups attached to an aromatic ring is 1. The van der Waals surface area contributed by atoms with Gasteiger partial charge in [0.15, 0.2) is 15.7 Å². The molecule has 1 fully saturated rings. The number of benzene rings is 1. The quantitative estimate of drug-likeness (QED) is 0.394. The zero-order chi connectivity index (χ0) is 23.3. The van der Waals surface area contributed by atoms with E-state index >= 15 is 0 Å². The van der Waals surface area contributed by atoms with E-state index in [9.17, 15) is 13.2 Å². The number of nitrogens with zero attached hydrogens (tertiary/aromatic N) is 4. The van der Waals surface area contributed by atoms with Crippen LogP contribution in [0, 0.1) is 0 Å². The number of sulfone groups is 1. The summed E-state index contributed by atoms with van der Waals surface area (Å²) >= 11 is 1.17. The van der Waals surface area contributed by atoms with Crippen molar-refractivity contribution in [1.82, 2.24) is 19.8 Å². The Labute approximate surface area is 192 Å². The van der Waals surface area contributed by atoms with Gasteiger partial charge in [0, 0.05) is 18.2 Å². The molecule has 0 aliphatic carbocycles. The number of rotatable bonds is 10. The zero-order valence-corrected chi connectivity index (χ0v) is 20.1. The molecule has 12 heteroatoms. The standard InChI is InChI=1S/C20H29N5O5S2/c1-4-14(2)24(15-8-9-32(27,28)13-15)19(26)12-31-20-23-22-18(25(20)21)11-30-17-7-5-6-16(10-17)29-3/h5-7,10,14-15H,4,8-9,11-13,21H2,1-3H3. The molecule has 1 aliphatic rings. The fraction of sp³-hybridized carbons (Fsp3) is 0.550. The van der Waals surface area contributed by atoms with Gasteiger partial charge in [-0.3, -0.25) is 4.79 Å². The second-order valence-corrected chi connectivity index (χ2v) is 10.8. The highest BCUT2D eigenvalue weighted by Crippen LogP contribution is 2.24. The van der Waals surface area contributed by atoms with Crippen LogP contribution in [0.5, 0.6) is 11.5 Å². The van der Waals surface area contributed by atoms with E-state index in [1.807, 2.05) is 26.0 Å². The van der Waals surface area contributed by atoms with Crippen molar-refractivity contribution in [1.29, 1.82) is 0 Å². The maximum Gasteiger partial charge on any atom is 0.233 e. The number of carbonyl (C=O) groups is 1. The van der Waals surface area contributed by atoms with Gasteiger partial charge in [-0.2, -0.15) is 0 Å². The first-order valence-electron chi connectivity index (χ1n) is 10.3. The van der Waals surface area contributed by atoms with Crippen LogP contribution in [0.4, 0.5) is 0 Å². The van der Waals surface area contributed by atoms with Gasteiger partial charge in [-0.25, -0.2) is 13.1 Å². The highest BCUT2D eigenvalue weighted by atomic mass is 32.2. The molecule has 3 rings (SSSR count). The Bertz CT molecular complexity index is 1040. The molecule has 1 aromatic heterocycles. The molecule has 176 valence electrons. The molecule has 1 amide bonds. The summed E-state index contributed by atoms with van der Waals surface area (Å²) in [5, 5.41) is 8.49. The average Bonchev–Trinajstić information content (AvgIpc) is 3.32. The van der Waals surface area contributed by atoms with Crippen LogP contribution >= 0.6 is 11.8 Å². The van der Waals surface area contributed by atoms with E-state index in [1.165, 1.54) is 16.4 Å². The lowest BCUT2D eigenvalue weighted by Crippen LogP contribution is -2.47. The maximum absolute atomic E-state index is 13.0. The number of aromatic nitrogens is 3. The fourth-order valence-corrected chi connectivity index (χ4v) is 6.00. The summed E-state index contributed by atoms with van der Waals surface area (Å²) in [6.07, 6.45) is 1.22. The summed E-state index contributed by atoms with van der Waals surface area (Å²) in [6, 6.07) is 6.83. The van der Waals surface area contributed by atoms with Gasteiger partial charge in [0.05, 0.1) is 24.4 Å². The number of methoxy groups -OCH3 is 1. The topological polar surface area (TPSA) is 130 Å². The summed E-state index contributed by atoms with van der Waals surface area (Å²) in [5.74, 6) is 7.87. The Balaban J connectivity index is 1.61. The molecule has 0 spiro atoms. The number of ether oxygens (including phenoxy) is 2. The van der Waals surface area contributed by atoms with E-state index < -0.39 is 9.84 Å². The lowest BCUT2D eigenvalue weighted by Gasteiger charge is -2.33. The molecule has 2 N–H and O–H groups in total. The molecular weight excluding hydrogens is 454 g/mol. The molecule has 1 saturated heterocycles. The third-order valence-corrected chi connectivity index (χ3v) is 8.10. The minimum atomic E-state index is -3.09. The van der Waals surface area contributed by atoms with Crippen molar-refractivity contribution in [2.45, 2.75) is 50.5 Å². The molecule has 0 saturated carbocycles. The van der Waals surface area contributed by atoms with Gasteiger partial charge >= 0.3 is 0 Å². The van der Waals surface area contributed by atoms with E-state index in [0.717, 1.165) is 6.42 Å². The fourth-order valence-electron chi connectivity index (χ4n) is 3.54. The molecule has 1 aliphatic heterocycles. The largest absolute Gasteiger partial charge is 0.497 e. The van der Waals surface area contributed by atoms with E-state index in [0.29, 0.717) is 28.9 Å². The van der Waals surface area contributed by atoms with Crippen molar-refractivity contribution in [2.75, 3.05) is 30.2 Å². The monoisotopic (exact) mass is 483 g/mol. The van der Waals surface area contributed by atoms with E-state index in [2.05, 4.69) is 10.2 Å². The molecule has 2 unspecified atom stereocenters. The summed E-state index contributed by atoms with van der Waals surface area (Å²) in [6.45, 7) is 4.02. The van der Waals surface area contributed by atoms with Crippen molar-refractivity contribution in [3.05, 3.63) is 30.1 Å². The molecule has 2 atom stereocenters. The SMILES string of the molecule is CCC(C)N(C(=O)CSc1nnc(COc2cccc(OC)c2)n1N)C1CCS(=O)(=O)C1. The first-order valence-corrected chi connectivity index (χ1v) is 13.2. The molecule has 10 nitrogen and oxygen atoms in total. The summed E-state index contributed by atoms with van der Waals surface area (Å²) < 4.78 is 36.0. The third kappa shape index (κ3) is 5.85. The normalized spacial score (nSPS) is 18.3. The first kappa shape index (κ1) is 24.2. The van der Waals surface area contributed by atoms with Crippen molar-refractivity contribution < 1.29 is 22.7 Å². The predicted molar refractivity (Wildman–Crippen MR) is 122 cm³/mol. The van der Waals surface area contributed by atoms with Gasteiger partial charge in [0.25, 0.3) is 0 Å². The van der Waals surface area contributed by atoms with Crippen molar-refractivity contribution >= 4 is 27.5 Å². The van der Waals surface area contributed by atoms with Gasteiger partial charge < -0.3 is 20.2 Å². The number of carbonyl (C=O) groups excluding carboxylic acids is 1. The highest BCUT2D eigenvalue weighted by Gasteiger charge is 2.36. The van der Waals surface area contributed by atoms with Crippen LogP contribution in [-0.2, 0) is 21.2 Å². The van der Waals surface area contributed by atoms with Crippen molar-refractivity contribution in [2.24, 2.45) is 0 Å². The molecule has 0 bridgehead atoms. The average molecular weight is 484 g/mol. The number of thioether (sulfide) groups is 1. The van der Waals surface area contributed by atoms with Crippen LogP contribution in [0.1, 0.15) is 32.5 Å². The number of hydrogen-bond acceptors (Lipinski definition) is 9. The molecule has 0 radical (unpaired) electrons. The second kappa shape index (κ2) is 10.4. The van der Waals surface area contributed by atoms with Gasteiger partial charge in [-0.15, -0.1) is 10.2 Å². The van der Waals surface area contributed by atoms with Crippen molar-refractivity contribution in [3.63, 3.8) is 0 Å². The summed E-state index contributed by atoms with van der Waals surface area (Å²) in [4.78, 5) is 14.7. The Hall–Kier alpha value is -2.47. The Morgan fingerprint density at radius 2 is 2.12 bits per heavy atom. The Morgan fingerprint density at radius 1 is 1.38 bits per heavy atom. The van der Waals surface area contributed by atoms with Crippen LogP contribution in [0.15, 0.2) is 29.4 Å². The minimum absolute atomic E-state index is 0.0204. The van der Waals surface area contributed by atoms with Crippen LogP contribution in [-0.4, -0.2) is 70.6 Å². The van der Waals surface area contributed by atoms with Crippen molar-refractivity contribution in [3.8, 4) is 11.5 Å². The minimum Gasteiger partial charge on any atom is -0.497 e. The first-order chi connectivity index (χ1) is 15.2. The zero-order valence-electron chi connectivity index (χ0n) is 18.4. The summed E-state index contributed by atoms with van der Waals surface area (Å²) in [5.41, 5.74) is 0. The molecular formula is C20H29N5O5S2. The smallest absolute Gasteiger partial charge is 0.233 e. The number of amides is 1. The van der Waals surface area contributed by atoms with Crippen LogP contribution < -0.4 is 15.3 Å². The second-order valence-electron chi connectivity index (χ2n) is 7.64. The van der Waals surface area contributed by atoms with Crippen LogP contribution in [0.3, 0.4) is 0 Å². The third-order valence-electron chi connectivity index (χ3n) is 5.42. The molecule has 1 aromatic carbocycles. The maximum atomic E-state index is 13.0. The lowest BCUT2D eigenvalue weighted by molar-refractivity contribution is -0.132.